The second-order valence-electron chi connectivity index (χ2n) is 3.52. The smallest absolute Gasteiger partial charge is 0.272 e. The fourth-order valence-electron chi connectivity index (χ4n) is 1.30. The Balaban J connectivity index is 3.04. The standard InChI is InChI=1S/C10H11Cl2N3O3/c1-5(10(16)13-2)14-9-7(11)3-6(15(17)18)4-8(9)12/h3-5,14H,1-2H3,(H,13,16). The van der Waals surface area contributed by atoms with E-state index in [2.05, 4.69) is 10.6 Å². The van der Waals surface area contributed by atoms with Crippen LogP contribution in [0.2, 0.25) is 10.0 Å². The minimum atomic E-state index is -0.594. The Morgan fingerprint density at radius 1 is 1.39 bits per heavy atom. The normalized spacial score (nSPS) is 11.8. The Kier molecular flexibility index (Phi) is 4.75. The lowest BCUT2D eigenvalue weighted by Gasteiger charge is -2.15. The number of non-ortho nitro benzene ring substituents is 1. The molecule has 18 heavy (non-hydrogen) atoms. The lowest BCUT2D eigenvalue weighted by Crippen LogP contribution is -2.35. The summed E-state index contributed by atoms with van der Waals surface area (Å²) >= 11 is 11.8. The number of amides is 1. The Morgan fingerprint density at radius 3 is 2.28 bits per heavy atom. The van der Waals surface area contributed by atoms with Gasteiger partial charge in [0.1, 0.15) is 6.04 Å². The van der Waals surface area contributed by atoms with E-state index < -0.39 is 11.0 Å². The molecule has 0 aliphatic heterocycles. The SMILES string of the molecule is CNC(=O)C(C)Nc1c(Cl)cc([N+](=O)[O-])cc1Cl. The van der Waals surface area contributed by atoms with Gasteiger partial charge in [-0.25, -0.2) is 0 Å². The zero-order chi connectivity index (χ0) is 13.9. The second-order valence-corrected chi connectivity index (χ2v) is 4.34. The average molecular weight is 292 g/mol. The molecule has 0 bridgehead atoms. The maximum atomic E-state index is 11.3. The fourth-order valence-corrected chi connectivity index (χ4v) is 1.89. The number of hydrogen-bond donors (Lipinski definition) is 2. The van der Waals surface area contributed by atoms with Crippen molar-refractivity contribution in [1.29, 1.82) is 0 Å². The molecule has 0 radical (unpaired) electrons. The summed E-state index contributed by atoms with van der Waals surface area (Å²) in [5, 5.41) is 16.0. The lowest BCUT2D eigenvalue weighted by molar-refractivity contribution is -0.384. The largest absolute Gasteiger partial charge is 0.371 e. The van der Waals surface area contributed by atoms with E-state index in [1.807, 2.05) is 0 Å². The first-order valence-corrected chi connectivity index (χ1v) is 5.74. The summed E-state index contributed by atoms with van der Waals surface area (Å²) in [5.41, 5.74) is 0.0863. The highest BCUT2D eigenvalue weighted by Gasteiger charge is 2.18. The maximum absolute atomic E-state index is 11.3. The molecule has 0 heterocycles. The summed E-state index contributed by atoms with van der Waals surface area (Å²) < 4.78 is 0. The van der Waals surface area contributed by atoms with E-state index in [-0.39, 0.29) is 21.6 Å². The predicted octanol–water partition coefficient (Wildman–Crippen LogP) is 2.45. The van der Waals surface area contributed by atoms with Crippen molar-refractivity contribution >= 4 is 40.5 Å². The summed E-state index contributed by atoms with van der Waals surface area (Å²) in [4.78, 5) is 21.3. The van der Waals surface area contributed by atoms with Crippen molar-refractivity contribution < 1.29 is 9.72 Å². The second kappa shape index (κ2) is 5.88. The van der Waals surface area contributed by atoms with Crippen molar-refractivity contribution in [2.24, 2.45) is 0 Å². The van der Waals surface area contributed by atoms with E-state index in [4.69, 9.17) is 23.2 Å². The van der Waals surface area contributed by atoms with Gasteiger partial charge < -0.3 is 10.6 Å². The van der Waals surface area contributed by atoms with Crippen molar-refractivity contribution in [1.82, 2.24) is 5.32 Å². The predicted molar refractivity (Wildman–Crippen MR) is 70.3 cm³/mol. The van der Waals surface area contributed by atoms with Crippen LogP contribution in [0.1, 0.15) is 6.92 Å². The molecule has 0 aliphatic carbocycles. The number of nitro benzene ring substituents is 1. The van der Waals surface area contributed by atoms with E-state index in [1.165, 1.54) is 19.2 Å². The van der Waals surface area contributed by atoms with Crippen LogP contribution in [-0.4, -0.2) is 23.9 Å². The summed E-state index contributed by atoms with van der Waals surface area (Å²) in [6, 6.07) is 1.78. The number of anilines is 1. The van der Waals surface area contributed by atoms with E-state index >= 15 is 0 Å². The first kappa shape index (κ1) is 14.5. The van der Waals surface area contributed by atoms with Gasteiger partial charge in [0.25, 0.3) is 5.69 Å². The van der Waals surface area contributed by atoms with Crippen LogP contribution < -0.4 is 10.6 Å². The van der Waals surface area contributed by atoms with E-state index in [0.717, 1.165) is 0 Å². The van der Waals surface area contributed by atoms with E-state index in [9.17, 15) is 14.9 Å². The molecule has 0 spiro atoms. The van der Waals surface area contributed by atoms with Gasteiger partial charge in [0.15, 0.2) is 0 Å². The summed E-state index contributed by atoms with van der Waals surface area (Å²) in [7, 11) is 1.50. The minimum Gasteiger partial charge on any atom is -0.371 e. The Morgan fingerprint density at radius 2 is 1.89 bits per heavy atom. The molecule has 0 saturated carbocycles. The van der Waals surface area contributed by atoms with Gasteiger partial charge >= 0.3 is 0 Å². The van der Waals surface area contributed by atoms with Gasteiger partial charge in [-0.1, -0.05) is 23.2 Å². The van der Waals surface area contributed by atoms with Gasteiger partial charge in [-0.3, -0.25) is 14.9 Å². The monoisotopic (exact) mass is 291 g/mol. The van der Waals surface area contributed by atoms with E-state index in [0.29, 0.717) is 5.69 Å². The third-order valence-corrected chi connectivity index (χ3v) is 2.83. The van der Waals surface area contributed by atoms with Crippen LogP contribution in [0.25, 0.3) is 0 Å². The van der Waals surface area contributed by atoms with Crippen LogP contribution >= 0.6 is 23.2 Å². The molecule has 6 nitrogen and oxygen atoms in total. The summed E-state index contributed by atoms with van der Waals surface area (Å²) in [6.07, 6.45) is 0. The van der Waals surface area contributed by atoms with Crippen molar-refractivity contribution in [2.45, 2.75) is 13.0 Å². The fraction of sp³-hybridized carbons (Fsp3) is 0.300. The third-order valence-electron chi connectivity index (χ3n) is 2.24. The number of halogens is 2. The first-order chi connectivity index (χ1) is 8.36. The van der Waals surface area contributed by atoms with Gasteiger partial charge in [0.05, 0.1) is 20.7 Å². The van der Waals surface area contributed by atoms with Gasteiger partial charge in [0, 0.05) is 19.2 Å². The summed E-state index contributed by atoms with van der Waals surface area (Å²) in [6.45, 7) is 1.62. The van der Waals surface area contributed by atoms with Crippen molar-refractivity contribution in [2.75, 3.05) is 12.4 Å². The topological polar surface area (TPSA) is 84.3 Å². The number of rotatable bonds is 4. The highest BCUT2D eigenvalue weighted by Crippen LogP contribution is 2.34. The Labute approximate surface area is 113 Å². The molecule has 1 rings (SSSR count). The molecule has 1 amide bonds. The van der Waals surface area contributed by atoms with E-state index in [1.54, 1.807) is 6.92 Å². The molecule has 1 aromatic rings. The number of hydrogen-bond acceptors (Lipinski definition) is 4. The molecule has 8 heteroatoms. The lowest BCUT2D eigenvalue weighted by atomic mass is 10.2. The molecule has 0 aliphatic rings. The zero-order valence-corrected chi connectivity index (χ0v) is 11.2. The van der Waals surface area contributed by atoms with Gasteiger partial charge in [-0.15, -0.1) is 0 Å². The highest BCUT2D eigenvalue weighted by atomic mass is 35.5. The minimum absolute atomic E-state index is 0.0879. The quantitative estimate of drug-likeness (QED) is 0.659. The summed E-state index contributed by atoms with van der Waals surface area (Å²) in [5.74, 6) is -0.250. The zero-order valence-electron chi connectivity index (χ0n) is 9.66. The molecule has 0 saturated heterocycles. The molecule has 0 fully saturated rings. The number of nitro groups is 1. The van der Waals surface area contributed by atoms with Gasteiger partial charge in [0.2, 0.25) is 5.91 Å². The number of nitrogens with one attached hydrogen (secondary N) is 2. The molecule has 2 N–H and O–H groups in total. The molecule has 1 unspecified atom stereocenters. The molecular weight excluding hydrogens is 281 g/mol. The highest BCUT2D eigenvalue weighted by molar-refractivity contribution is 6.39. The third kappa shape index (κ3) is 3.24. The maximum Gasteiger partial charge on any atom is 0.272 e. The molecule has 0 aromatic heterocycles. The van der Waals surface area contributed by atoms with Crippen LogP contribution in [0.3, 0.4) is 0 Å². The van der Waals surface area contributed by atoms with Gasteiger partial charge in [-0.05, 0) is 6.92 Å². The first-order valence-electron chi connectivity index (χ1n) is 4.98. The number of nitrogens with zero attached hydrogens (tertiary/aromatic N) is 1. The molecular formula is C10H11Cl2N3O3. The number of carbonyl (C=O) groups is 1. The Bertz CT molecular complexity index is 470. The number of carbonyl (C=O) groups excluding carboxylic acids is 1. The number of likely N-dealkylation sites (N-methyl/N-ethyl adjacent to an activating group) is 1. The van der Waals surface area contributed by atoms with Crippen molar-refractivity contribution in [3.05, 3.63) is 32.3 Å². The van der Waals surface area contributed by atoms with Crippen molar-refractivity contribution in [3.8, 4) is 0 Å². The van der Waals surface area contributed by atoms with Gasteiger partial charge in [-0.2, -0.15) is 0 Å². The van der Waals surface area contributed by atoms with Crippen molar-refractivity contribution in [3.63, 3.8) is 0 Å². The van der Waals surface area contributed by atoms with Crippen LogP contribution in [0.4, 0.5) is 11.4 Å². The average Bonchev–Trinajstić information content (AvgIpc) is 2.31. The number of benzene rings is 1. The van der Waals surface area contributed by atoms with Crippen LogP contribution in [-0.2, 0) is 4.79 Å². The Hall–Kier alpha value is -1.53. The van der Waals surface area contributed by atoms with Crippen LogP contribution in [0.5, 0.6) is 0 Å². The molecule has 1 aromatic carbocycles. The molecule has 98 valence electrons. The molecule has 1 atom stereocenters. The van der Waals surface area contributed by atoms with Crippen LogP contribution in [0, 0.1) is 10.1 Å². The van der Waals surface area contributed by atoms with Crippen LogP contribution in [0.15, 0.2) is 12.1 Å².